The Bertz CT molecular complexity index is 416. The van der Waals surface area contributed by atoms with Gasteiger partial charge in [0.1, 0.15) is 5.82 Å². The Morgan fingerprint density at radius 2 is 2.33 bits per heavy atom. The van der Waals surface area contributed by atoms with E-state index >= 15 is 0 Å². The number of carbonyl (C=O) groups excluding carboxylic acids is 1. The normalized spacial score (nSPS) is 19.6. The average Bonchev–Trinajstić information content (AvgIpc) is 2.39. The van der Waals surface area contributed by atoms with Crippen LogP contribution < -0.4 is 4.90 Å². The standard InChI is InChI=1S/C14H18FNO2/c1-16(9-11-5-2-3-8-18-11)14-7-4-6-13(15)12(14)10-17/h4,6-7,10-11H,2-3,5,8-9H2,1H3. The van der Waals surface area contributed by atoms with E-state index in [4.69, 9.17) is 4.74 Å². The maximum atomic E-state index is 13.5. The number of ether oxygens (including phenoxy) is 1. The van der Waals surface area contributed by atoms with E-state index in [2.05, 4.69) is 0 Å². The topological polar surface area (TPSA) is 29.5 Å². The lowest BCUT2D eigenvalue weighted by atomic mass is 10.1. The molecule has 1 atom stereocenters. The van der Waals surface area contributed by atoms with Crippen LogP contribution in [0.2, 0.25) is 0 Å². The van der Waals surface area contributed by atoms with Gasteiger partial charge in [0.05, 0.1) is 17.4 Å². The summed E-state index contributed by atoms with van der Waals surface area (Å²) in [5.41, 5.74) is 0.745. The number of rotatable bonds is 4. The smallest absolute Gasteiger partial charge is 0.155 e. The van der Waals surface area contributed by atoms with Crippen molar-refractivity contribution >= 4 is 12.0 Å². The van der Waals surface area contributed by atoms with Gasteiger partial charge < -0.3 is 9.64 Å². The number of aldehydes is 1. The van der Waals surface area contributed by atoms with E-state index in [0.29, 0.717) is 18.5 Å². The molecule has 18 heavy (non-hydrogen) atoms. The molecule has 0 aliphatic carbocycles. The molecule has 98 valence electrons. The molecular formula is C14H18FNO2. The molecule has 3 nitrogen and oxygen atoms in total. The van der Waals surface area contributed by atoms with Gasteiger partial charge in [0.2, 0.25) is 0 Å². The van der Waals surface area contributed by atoms with Crippen LogP contribution in [-0.2, 0) is 4.74 Å². The van der Waals surface area contributed by atoms with Gasteiger partial charge in [-0.05, 0) is 31.4 Å². The summed E-state index contributed by atoms with van der Waals surface area (Å²) in [6.45, 7) is 1.48. The lowest BCUT2D eigenvalue weighted by Gasteiger charge is -2.29. The van der Waals surface area contributed by atoms with E-state index in [9.17, 15) is 9.18 Å². The molecule has 0 N–H and O–H groups in total. The van der Waals surface area contributed by atoms with E-state index in [1.54, 1.807) is 12.1 Å². The number of benzene rings is 1. The van der Waals surface area contributed by atoms with E-state index in [1.807, 2.05) is 11.9 Å². The van der Waals surface area contributed by atoms with Crippen LogP contribution in [-0.4, -0.2) is 32.6 Å². The number of anilines is 1. The van der Waals surface area contributed by atoms with Crippen molar-refractivity contribution < 1.29 is 13.9 Å². The van der Waals surface area contributed by atoms with Crippen LogP contribution >= 0.6 is 0 Å². The summed E-state index contributed by atoms with van der Waals surface area (Å²) in [5.74, 6) is -0.473. The summed E-state index contributed by atoms with van der Waals surface area (Å²) < 4.78 is 19.2. The highest BCUT2D eigenvalue weighted by molar-refractivity contribution is 5.84. The minimum Gasteiger partial charge on any atom is -0.376 e. The Hall–Kier alpha value is -1.42. The van der Waals surface area contributed by atoms with Crippen molar-refractivity contribution in [3.8, 4) is 0 Å². The highest BCUT2D eigenvalue weighted by atomic mass is 19.1. The van der Waals surface area contributed by atoms with Crippen LogP contribution in [0.25, 0.3) is 0 Å². The lowest BCUT2D eigenvalue weighted by molar-refractivity contribution is 0.0216. The van der Waals surface area contributed by atoms with E-state index in [-0.39, 0.29) is 11.7 Å². The first kappa shape index (κ1) is 13.0. The first-order valence-corrected chi connectivity index (χ1v) is 6.29. The molecule has 1 aliphatic rings. The van der Waals surface area contributed by atoms with Gasteiger partial charge in [-0.15, -0.1) is 0 Å². The van der Waals surface area contributed by atoms with Crippen molar-refractivity contribution in [1.29, 1.82) is 0 Å². The summed E-state index contributed by atoms with van der Waals surface area (Å²) in [7, 11) is 1.86. The number of halogens is 1. The predicted octanol–water partition coefficient (Wildman–Crippen LogP) is 2.64. The molecule has 1 aliphatic heterocycles. The van der Waals surface area contributed by atoms with Crippen molar-refractivity contribution in [1.82, 2.24) is 0 Å². The summed E-state index contributed by atoms with van der Waals surface area (Å²) in [4.78, 5) is 12.8. The Morgan fingerprint density at radius 3 is 3.00 bits per heavy atom. The van der Waals surface area contributed by atoms with Crippen LogP contribution in [0.3, 0.4) is 0 Å². The molecule has 0 aromatic heterocycles. The third-order valence-electron chi connectivity index (χ3n) is 3.31. The first-order chi connectivity index (χ1) is 8.72. The van der Waals surface area contributed by atoms with Crippen molar-refractivity contribution in [3.05, 3.63) is 29.6 Å². The van der Waals surface area contributed by atoms with Crippen LogP contribution in [0.1, 0.15) is 29.6 Å². The van der Waals surface area contributed by atoms with Crippen molar-refractivity contribution in [2.24, 2.45) is 0 Å². The zero-order valence-electron chi connectivity index (χ0n) is 10.6. The molecule has 0 amide bonds. The Balaban J connectivity index is 2.10. The largest absolute Gasteiger partial charge is 0.376 e. The highest BCUT2D eigenvalue weighted by Crippen LogP contribution is 2.22. The fourth-order valence-electron chi connectivity index (χ4n) is 2.33. The molecule has 1 saturated heterocycles. The second-order valence-electron chi connectivity index (χ2n) is 4.66. The molecular weight excluding hydrogens is 233 g/mol. The van der Waals surface area contributed by atoms with Gasteiger partial charge in [0, 0.05) is 20.2 Å². The van der Waals surface area contributed by atoms with Crippen LogP contribution in [0.5, 0.6) is 0 Å². The Morgan fingerprint density at radius 1 is 1.50 bits per heavy atom. The molecule has 2 rings (SSSR count). The SMILES string of the molecule is CN(CC1CCCCO1)c1cccc(F)c1C=O. The fraction of sp³-hybridized carbons (Fsp3) is 0.500. The third-order valence-corrected chi connectivity index (χ3v) is 3.31. The van der Waals surface area contributed by atoms with Gasteiger partial charge in [0.25, 0.3) is 0 Å². The fourth-order valence-corrected chi connectivity index (χ4v) is 2.33. The van der Waals surface area contributed by atoms with Gasteiger partial charge in [-0.1, -0.05) is 6.07 Å². The average molecular weight is 251 g/mol. The van der Waals surface area contributed by atoms with E-state index in [1.165, 1.54) is 12.5 Å². The summed E-state index contributed by atoms with van der Waals surface area (Å²) >= 11 is 0. The predicted molar refractivity (Wildman–Crippen MR) is 68.6 cm³/mol. The number of hydrogen-bond donors (Lipinski definition) is 0. The number of carbonyl (C=O) groups is 1. The molecule has 4 heteroatoms. The van der Waals surface area contributed by atoms with Crippen molar-refractivity contribution in [3.63, 3.8) is 0 Å². The number of nitrogens with zero attached hydrogens (tertiary/aromatic N) is 1. The quantitative estimate of drug-likeness (QED) is 0.770. The molecule has 0 saturated carbocycles. The monoisotopic (exact) mass is 251 g/mol. The minimum atomic E-state index is -0.473. The van der Waals surface area contributed by atoms with Gasteiger partial charge >= 0.3 is 0 Å². The zero-order valence-corrected chi connectivity index (χ0v) is 10.6. The molecule has 1 aromatic rings. The molecule has 1 unspecified atom stereocenters. The van der Waals surface area contributed by atoms with Crippen LogP contribution in [0.4, 0.5) is 10.1 Å². The Kier molecular flexibility index (Phi) is 4.31. The highest BCUT2D eigenvalue weighted by Gasteiger charge is 2.18. The second-order valence-corrected chi connectivity index (χ2v) is 4.66. The van der Waals surface area contributed by atoms with Crippen molar-refractivity contribution in [2.75, 3.05) is 25.1 Å². The third kappa shape index (κ3) is 2.88. The first-order valence-electron chi connectivity index (χ1n) is 6.29. The van der Waals surface area contributed by atoms with Gasteiger partial charge in [-0.3, -0.25) is 4.79 Å². The molecule has 0 bridgehead atoms. The zero-order chi connectivity index (χ0) is 13.0. The maximum absolute atomic E-state index is 13.5. The lowest BCUT2D eigenvalue weighted by Crippen LogP contribution is -2.33. The summed E-state index contributed by atoms with van der Waals surface area (Å²) in [5, 5.41) is 0. The van der Waals surface area contributed by atoms with Gasteiger partial charge in [-0.25, -0.2) is 4.39 Å². The van der Waals surface area contributed by atoms with Gasteiger partial charge in [-0.2, -0.15) is 0 Å². The number of hydrogen-bond acceptors (Lipinski definition) is 3. The van der Waals surface area contributed by atoms with Gasteiger partial charge in [0.15, 0.2) is 6.29 Å². The van der Waals surface area contributed by atoms with Crippen LogP contribution in [0.15, 0.2) is 18.2 Å². The molecule has 1 aromatic carbocycles. The molecule has 0 spiro atoms. The van der Waals surface area contributed by atoms with E-state index < -0.39 is 5.82 Å². The van der Waals surface area contributed by atoms with Crippen molar-refractivity contribution in [2.45, 2.75) is 25.4 Å². The molecule has 0 radical (unpaired) electrons. The second kappa shape index (κ2) is 5.96. The Labute approximate surface area is 107 Å². The maximum Gasteiger partial charge on any atom is 0.155 e. The minimum absolute atomic E-state index is 0.121. The van der Waals surface area contributed by atoms with E-state index in [0.717, 1.165) is 19.4 Å². The number of likely N-dealkylation sites (N-methyl/N-ethyl adjacent to an activating group) is 1. The molecule has 1 fully saturated rings. The van der Waals surface area contributed by atoms with Crippen LogP contribution in [0, 0.1) is 5.82 Å². The summed E-state index contributed by atoms with van der Waals surface area (Å²) in [6.07, 6.45) is 4.05. The molecule has 1 heterocycles. The summed E-state index contributed by atoms with van der Waals surface area (Å²) in [6, 6.07) is 4.68.